The zero-order valence-corrected chi connectivity index (χ0v) is 11.3. The quantitative estimate of drug-likeness (QED) is 0.816. The molecule has 17 heavy (non-hydrogen) atoms. The molecule has 1 unspecified atom stereocenters. The van der Waals surface area contributed by atoms with Crippen LogP contribution in [0.2, 0.25) is 0 Å². The van der Waals surface area contributed by atoms with Gasteiger partial charge in [0.15, 0.2) is 0 Å². The van der Waals surface area contributed by atoms with Crippen LogP contribution in [-0.2, 0) is 4.79 Å². The van der Waals surface area contributed by atoms with Gasteiger partial charge in [0.25, 0.3) is 0 Å². The zero-order chi connectivity index (χ0) is 12.3. The van der Waals surface area contributed by atoms with Crippen LogP contribution in [0, 0.1) is 11.3 Å². The molecule has 2 fully saturated rings. The molecule has 1 saturated carbocycles. The summed E-state index contributed by atoms with van der Waals surface area (Å²) in [6.45, 7) is 1.95. The molecule has 1 N–H and O–H groups in total. The first-order valence-corrected chi connectivity index (χ1v) is 7.06. The van der Waals surface area contributed by atoms with Crippen LogP contribution in [0.1, 0.15) is 44.9 Å². The van der Waals surface area contributed by atoms with E-state index in [4.69, 9.17) is 0 Å². The molecule has 3 heteroatoms. The molecule has 2 rings (SSSR count). The first kappa shape index (κ1) is 12.9. The Morgan fingerprint density at radius 1 is 1.35 bits per heavy atom. The molecule has 0 aromatic heterocycles. The Morgan fingerprint density at radius 2 is 2.06 bits per heavy atom. The van der Waals surface area contributed by atoms with E-state index in [1.165, 1.54) is 38.5 Å². The summed E-state index contributed by atoms with van der Waals surface area (Å²) < 4.78 is 0. The summed E-state index contributed by atoms with van der Waals surface area (Å²) in [4.78, 5) is 13.9. The molecule has 0 aromatic carbocycles. The maximum Gasteiger partial charge on any atom is 0.222 e. The van der Waals surface area contributed by atoms with Crippen LogP contribution in [0.4, 0.5) is 0 Å². The lowest BCUT2D eigenvalue weighted by molar-refractivity contribution is -0.138. The Labute approximate surface area is 105 Å². The van der Waals surface area contributed by atoms with E-state index in [-0.39, 0.29) is 5.41 Å². The second kappa shape index (κ2) is 5.38. The third-order valence-electron chi connectivity index (χ3n) is 4.87. The molecule has 0 radical (unpaired) electrons. The molecular formula is C14H26N2O. The molecular weight excluding hydrogens is 212 g/mol. The highest BCUT2D eigenvalue weighted by Gasteiger charge is 2.43. The van der Waals surface area contributed by atoms with Gasteiger partial charge in [-0.2, -0.15) is 0 Å². The van der Waals surface area contributed by atoms with Crippen LogP contribution in [0.3, 0.4) is 0 Å². The minimum atomic E-state index is 0.249. The third kappa shape index (κ3) is 2.65. The van der Waals surface area contributed by atoms with Crippen LogP contribution in [0.15, 0.2) is 0 Å². The topological polar surface area (TPSA) is 32.3 Å². The zero-order valence-electron chi connectivity index (χ0n) is 11.3. The number of nitrogens with zero attached hydrogens (tertiary/aromatic N) is 1. The van der Waals surface area contributed by atoms with Crippen molar-refractivity contribution in [2.24, 2.45) is 11.3 Å². The number of amides is 1. The van der Waals surface area contributed by atoms with Crippen molar-refractivity contribution in [3.63, 3.8) is 0 Å². The number of nitrogens with one attached hydrogen (secondary N) is 1. The maximum atomic E-state index is 12.0. The average molecular weight is 238 g/mol. The highest BCUT2D eigenvalue weighted by Crippen LogP contribution is 2.45. The first-order valence-electron chi connectivity index (χ1n) is 7.06. The minimum Gasteiger partial charge on any atom is -0.346 e. The molecule has 1 saturated heterocycles. The van der Waals surface area contributed by atoms with Gasteiger partial charge in [0, 0.05) is 26.6 Å². The molecule has 1 amide bonds. The SMILES string of the molecule is CNCC1(C2CCCCC2)CCN(C)C(=O)C1. The standard InChI is InChI=1S/C14H26N2O/c1-15-11-14(12-6-4-3-5-7-12)8-9-16(2)13(17)10-14/h12,15H,3-11H2,1-2H3. The normalized spacial score (nSPS) is 31.9. The van der Waals surface area contributed by atoms with Crippen molar-refractivity contribution in [1.29, 1.82) is 0 Å². The Hall–Kier alpha value is -0.570. The highest BCUT2D eigenvalue weighted by atomic mass is 16.2. The third-order valence-corrected chi connectivity index (χ3v) is 4.87. The highest BCUT2D eigenvalue weighted by molar-refractivity contribution is 5.77. The van der Waals surface area contributed by atoms with Crippen molar-refractivity contribution in [1.82, 2.24) is 10.2 Å². The summed E-state index contributed by atoms with van der Waals surface area (Å²) in [5, 5.41) is 3.34. The van der Waals surface area contributed by atoms with Crippen LogP contribution in [0.25, 0.3) is 0 Å². The average Bonchev–Trinajstić information content (AvgIpc) is 2.35. The number of rotatable bonds is 3. The number of hydrogen-bond acceptors (Lipinski definition) is 2. The molecule has 98 valence electrons. The number of hydrogen-bond donors (Lipinski definition) is 1. The smallest absolute Gasteiger partial charge is 0.222 e. The van der Waals surface area contributed by atoms with Crippen molar-refractivity contribution < 1.29 is 4.79 Å². The number of likely N-dealkylation sites (tertiary alicyclic amines) is 1. The van der Waals surface area contributed by atoms with Gasteiger partial charge in [-0.3, -0.25) is 4.79 Å². The van der Waals surface area contributed by atoms with Crippen molar-refractivity contribution in [2.75, 3.05) is 27.2 Å². The van der Waals surface area contributed by atoms with Gasteiger partial charge in [0.1, 0.15) is 0 Å². The summed E-state index contributed by atoms with van der Waals surface area (Å²) in [6, 6.07) is 0. The van der Waals surface area contributed by atoms with E-state index in [1.807, 2.05) is 19.0 Å². The second-order valence-corrected chi connectivity index (χ2v) is 5.97. The van der Waals surface area contributed by atoms with Gasteiger partial charge in [-0.15, -0.1) is 0 Å². The molecule has 3 nitrogen and oxygen atoms in total. The predicted octanol–water partition coefficient (Wildman–Crippen LogP) is 2.02. The first-order chi connectivity index (χ1) is 8.18. The van der Waals surface area contributed by atoms with Crippen molar-refractivity contribution in [2.45, 2.75) is 44.9 Å². The van der Waals surface area contributed by atoms with E-state index in [0.29, 0.717) is 5.91 Å². The van der Waals surface area contributed by atoms with Crippen molar-refractivity contribution in [3.8, 4) is 0 Å². The summed E-state index contributed by atoms with van der Waals surface area (Å²) in [7, 11) is 3.96. The second-order valence-electron chi connectivity index (χ2n) is 5.97. The molecule has 1 aliphatic heterocycles. The fourth-order valence-electron chi connectivity index (χ4n) is 3.75. The van der Waals surface area contributed by atoms with Gasteiger partial charge in [-0.1, -0.05) is 19.3 Å². The number of carbonyl (C=O) groups is 1. The number of piperidine rings is 1. The van der Waals surface area contributed by atoms with Gasteiger partial charge in [0.05, 0.1) is 0 Å². The largest absolute Gasteiger partial charge is 0.346 e. The molecule has 0 spiro atoms. The van der Waals surface area contributed by atoms with Crippen LogP contribution in [-0.4, -0.2) is 38.0 Å². The van der Waals surface area contributed by atoms with E-state index in [1.54, 1.807) is 0 Å². The Balaban J connectivity index is 2.10. The molecule has 1 atom stereocenters. The van der Waals surface area contributed by atoms with Crippen molar-refractivity contribution in [3.05, 3.63) is 0 Å². The summed E-state index contributed by atoms with van der Waals surface area (Å²) in [5.74, 6) is 1.11. The van der Waals surface area contributed by atoms with Gasteiger partial charge in [-0.05, 0) is 37.6 Å². The maximum absolute atomic E-state index is 12.0. The van der Waals surface area contributed by atoms with E-state index in [0.717, 1.165) is 25.4 Å². The van der Waals surface area contributed by atoms with Gasteiger partial charge < -0.3 is 10.2 Å². The van der Waals surface area contributed by atoms with E-state index >= 15 is 0 Å². The van der Waals surface area contributed by atoms with Crippen LogP contribution < -0.4 is 5.32 Å². The molecule has 0 bridgehead atoms. The van der Waals surface area contributed by atoms with E-state index < -0.39 is 0 Å². The fraction of sp³-hybridized carbons (Fsp3) is 0.929. The molecule has 1 aliphatic carbocycles. The fourth-order valence-corrected chi connectivity index (χ4v) is 3.75. The molecule has 2 aliphatic rings. The monoisotopic (exact) mass is 238 g/mol. The molecule has 1 heterocycles. The van der Waals surface area contributed by atoms with Crippen LogP contribution in [0.5, 0.6) is 0 Å². The minimum absolute atomic E-state index is 0.249. The summed E-state index contributed by atoms with van der Waals surface area (Å²) in [6.07, 6.45) is 8.72. The number of carbonyl (C=O) groups excluding carboxylic acids is 1. The van der Waals surface area contributed by atoms with E-state index in [2.05, 4.69) is 5.32 Å². The lowest BCUT2D eigenvalue weighted by Crippen LogP contribution is -2.50. The lowest BCUT2D eigenvalue weighted by atomic mass is 9.63. The summed E-state index contributed by atoms with van der Waals surface area (Å²) >= 11 is 0. The predicted molar refractivity (Wildman–Crippen MR) is 69.8 cm³/mol. The van der Waals surface area contributed by atoms with Crippen molar-refractivity contribution >= 4 is 5.91 Å². The summed E-state index contributed by atoms with van der Waals surface area (Å²) in [5.41, 5.74) is 0.249. The van der Waals surface area contributed by atoms with Gasteiger partial charge in [-0.25, -0.2) is 0 Å². The molecule has 0 aromatic rings. The Kier molecular flexibility index (Phi) is 4.08. The van der Waals surface area contributed by atoms with E-state index in [9.17, 15) is 4.79 Å². The van der Waals surface area contributed by atoms with Gasteiger partial charge >= 0.3 is 0 Å². The van der Waals surface area contributed by atoms with Crippen LogP contribution >= 0.6 is 0 Å². The Morgan fingerprint density at radius 3 is 2.65 bits per heavy atom. The Bertz CT molecular complexity index is 273. The van der Waals surface area contributed by atoms with Gasteiger partial charge in [0.2, 0.25) is 5.91 Å². The lowest BCUT2D eigenvalue weighted by Gasteiger charge is -2.47.